The summed E-state index contributed by atoms with van der Waals surface area (Å²) >= 11 is 6.88. The van der Waals surface area contributed by atoms with Gasteiger partial charge in [0.05, 0.1) is 11.7 Å². The number of rotatable bonds is 2. The molecule has 0 aliphatic heterocycles. The molecule has 0 radical (unpaired) electrons. The Morgan fingerprint density at radius 2 is 2.14 bits per heavy atom. The monoisotopic (exact) mass is 318 g/mol. The highest BCUT2D eigenvalue weighted by molar-refractivity contribution is 9.11. The fraction of sp³-hybridized carbons (Fsp3) is 0.500. The van der Waals surface area contributed by atoms with Gasteiger partial charge in [-0.3, -0.25) is 4.98 Å². The van der Waals surface area contributed by atoms with E-state index < -0.39 is 0 Å². The molecule has 1 heterocycles. The number of hydrogen-bond acceptors (Lipinski definition) is 2. The first-order valence-corrected chi connectivity index (χ1v) is 6.33. The van der Waals surface area contributed by atoms with Gasteiger partial charge in [0.15, 0.2) is 0 Å². The summed E-state index contributed by atoms with van der Waals surface area (Å²) in [7, 11) is 0. The van der Waals surface area contributed by atoms with Crippen LogP contribution in [0.15, 0.2) is 21.2 Å². The van der Waals surface area contributed by atoms with E-state index in [0.717, 1.165) is 14.6 Å². The summed E-state index contributed by atoms with van der Waals surface area (Å²) < 4.78 is 1.99. The van der Waals surface area contributed by atoms with Gasteiger partial charge < -0.3 is 5.73 Å². The van der Waals surface area contributed by atoms with Crippen LogP contribution in [0.5, 0.6) is 0 Å². The van der Waals surface area contributed by atoms with Crippen molar-refractivity contribution in [3.05, 3.63) is 26.9 Å². The third-order valence-corrected chi connectivity index (χ3v) is 3.88. The van der Waals surface area contributed by atoms with E-state index in [1.807, 2.05) is 6.07 Å². The Hall–Kier alpha value is 0.0700. The van der Waals surface area contributed by atoms with Crippen molar-refractivity contribution in [2.45, 2.75) is 25.3 Å². The fourth-order valence-electron chi connectivity index (χ4n) is 1.69. The quantitative estimate of drug-likeness (QED) is 0.907. The Morgan fingerprint density at radius 1 is 1.43 bits per heavy atom. The standard InChI is InChI=1S/C10H12Br2N2/c11-7-4-8(12)10(14-5-7)9(13)6-2-1-3-6/h4-6,9H,1-3,13H2. The highest BCUT2D eigenvalue weighted by Crippen LogP contribution is 2.37. The molecule has 1 fully saturated rings. The first-order chi connectivity index (χ1) is 6.68. The molecular formula is C10H12Br2N2. The Balaban J connectivity index is 2.22. The van der Waals surface area contributed by atoms with Crippen molar-refractivity contribution in [3.63, 3.8) is 0 Å². The van der Waals surface area contributed by atoms with E-state index in [4.69, 9.17) is 5.73 Å². The number of hydrogen-bond donors (Lipinski definition) is 1. The van der Waals surface area contributed by atoms with Gasteiger partial charge in [-0.25, -0.2) is 0 Å². The van der Waals surface area contributed by atoms with Crippen molar-refractivity contribution in [2.75, 3.05) is 0 Å². The van der Waals surface area contributed by atoms with Crippen LogP contribution in [0.25, 0.3) is 0 Å². The van der Waals surface area contributed by atoms with E-state index >= 15 is 0 Å². The number of pyridine rings is 1. The molecule has 2 rings (SSSR count). The average molecular weight is 320 g/mol. The zero-order valence-corrected chi connectivity index (χ0v) is 10.9. The maximum atomic E-state index is 6.14. The molecule has 1 aliphatic carbocycles. The average Bonchev–Trinajstić information content (AvgIpc) is 2.00. The Morgan fingerprint density at radius 3 is 2.64 bits per heavy atom. The van der Waals surface area contributed by atoms with Gasteiger partial charge in [-0.05, 0) is 56.7 Å². The van der Waals surface area contributed by atoms with Gasteiger partial charge >= 0.3 is 0 Å². The molecule has 2 nitrogen and oxygen atoms in total. The second-order valence-electron chi connectivity index (χ2n) is 3.74. The molecule has 0 saturated heterocycles. The van der Waals surface area contributed by atoms with Crippen molar-refractivity contribution in [1.82, 2.24) is 4.98 Å². The predicted molar refractivity (Wildman–Crippen MR) is 63.9 cm³/mol. The van der Waals surface area contributed by atoms with Crippen molar-refractivity contribution in [1.29, 1.82) is 0 Å². The van der Waals surface area contributed by atoms with Gasteiger partial charge in [-0.1, -0.05) is 6.42 Å². The molecule has 0 aromatic carbocycles. The molecule has 4 heteroatoms. The molecule has 14 heavy (non-hydrogen) atoms. The second kappa shape index (κ2) is 4.29. The number of nitrogens with two attached hydrogens (primary N) is 1. The van der Waals surface area contributed by atoms with E-state index in [9.17, 15) is 0 Å². The predicted octanol–water partition coefficient (Wildman–Crippen LogP) is 3.41. The molecule has 1 saturated carbocycles. The fourth-order valence-corrected chi connectivity index (χ4v) is 2.94. The van der Waals surface area contributed by atoms with Crippen LogP contribution in [0.1, 0.15) is 31.0 Å². The number of halogens is 2. The van der Waals surface area contributed by atoms with Crippen LogP contribution in [0.4, 0.5) is 0 Å². The lowest BCUT2D eigenvalue weighted by Gasteiger charge is -2.31. The van der Waals surface area contributed by atoms with Gasteiger partial charge in [0.2, 0.25) is 0 Å². The molecule has 1 atom stereocenters. The first-order valence-electron chi connectivity index (χ1n) is 4.75. The van der Waals surface area contributed by atoms with Crippen molar-refractivity contribution >= 4 is 31.9 Å². The molecule has 1 aromatic rings. The summed E-state index contributed by atoms with van der Waals surface area (Å²) in [5, 5.41) is 0. The molecule has 0 amide bonds. The largest absolute Gasteiger partial charge is 0.322 e. The lowest BCUT2D eigenvalue weighted by molar-refractivity contribution is 0.260. The molecule has 0 bridgehead atoms. The van der Waals surface area contributed by atoms with E-state index in [-0.39, 0.29) is 6.04 Å². The van der Waals surface area contributed by atoms with Crippen molar-refractivity contribution in [2.24, 2.45) is 11.7 Å². The smallest absolute Gasteiger partial charge is 0.0716 e. The Labute approximate surface area is 101 Å². The summed E-state index contributed by atoms with van der Waals surface area (Å²) in [5.41, 5.74) is 7.13. The first kappa shape index (κ1) is 10.6. The SMILES string of the molecule is NC(c1ncc(Br)cc1Br)C1CCC1. The van der Waals surface area contributed by atoms with Crippen LogP contribution in [-0.4, -0.2) is 4.98 Å². The lowest BCUT2D eigenvalue weighted by Crippen LogP contribution is -2.27. The second-order valence-corrected chi connectivity index (χ2v) is 5.51. The highest BCUT2D eigenvalue weighted by atomic mass is 79.9. The van der Waals surface area contributed by atoms with Crippen molar-refractivity contribution in [3.8, 4) is 0 Å². The van der Waals surface area contributed by atoms with Gasteiger partial charge in [0, 0.05) is 15.1 Å². The number of aromatic nitrogens is 1. The van der Waals surface area contributed by atoms with Gasteiger partial charge in [0.25, 0.3) is 0 Å². The van der Waals surface area contributed by atoms with Gasteiger partial charge in [-0.2, -0.15) is 0 Å². The van der Waals surface area contributed by atoms with E-state index in [2.05, 4.69) is 36.8 Å². The summed E-state index contributed by atoms with van der Waals surface area (Å²) in [6, 6.07) is 2.09. The third-order valence-electron chi connectivity index (χ3n) is 2.81. The van der Waals surface area contributed by atoms with E-state index in [1.165, 1.54) is 19.3 Å². The lowest BCUT2D eigenvalue weighted by atomic mass is 9.79. The molecule has 0 spiro atoms. The zero-order chi connectivity index (χ0) is 10.1. The normalized spacial score (nSPS) is 19.1. The molecule has 2 N–H and O–H groups in total. The van der Waals surface area contributed by atoms with Crippen LogP contribution in [-0.2, 0) is 0 Å². The zero-order valence-electron chi connectivity index (χ0n) is 7.71. The molecule has 1 aromatic heterocycles. The summed E-state index contributed by atoms with van der Waals surface area (Å²) in [4.78, 5) is 4.36. The van der Waals surface area contributed by atoms with Crippen LogP contribution < -0.4 is 5.73 Å². The topological polar surface area (TPSA) is 38.9 Å². The molecule has 76 valence electrons. The molecule has 1 unspecified atom stereocenters. The Bertz CT molecular complexity index is 337. The van der Waals surface area contributed by atoms with Crippen molar-refractivity contribution < 1.29 is 0 Å². The third kappa shape index (κ3) is 2.02. The van der Waals surface area contributed by atoms with E-state index in [0.29, 0.717) is 5.92 Å². The maximum Gasteiger partial charge on any atom is 0.0716 e. The highest BCUT2D eigenvalue weighted by Gasteiger charge is 2.27. The Kier molecular flexibility index (Phi) is 3.24. The minimum atomic E-state index is 0.0891. The summed E-state index contributed by atoms with van der Waals surface area (Å²) in [5.74, 6) is 0.625. The molecular weight excluding hydrogens is 308 g/mol. The minimum absolute atomic E-state index is 0.0891. The van der Waals surface area contributed by atoms with Crippen LogP contribution >= 0.6 is 31.9 Å². The van der Waals surface area contributed by atoms with Crippen LogP contribution in [0.2, 0.25) is 0 Å². The minimum Gasteiger partial charge on any atom is -0.322 e. The van der Waals surface area contributed by atoms with Gasteiger partial charge in [-0.15, -0.1) is 0 Å². The van der Waals surface area contributed by atoms with E-state index in [1.54, 1.807) is 6.20 Å². The number of nitrogens with zero attached hydrogens (tertiary/aromatic N) is 1. The summed E-state index contributed by atoms with van der Waals surface area (Å²) in [6.45, 7) is 0. The van der Waals surface area contributed by atoms with Crippen LogP contribution in [0, 0.1) is 5.92 Å². The van der Waals surface area contributed by atoms with Crippen LogP contribution in [0.3, 0.4) is 0 Å². The summed E-state index contributed by atoms with van der Waals surface area (Å²) in [6.07, 6.45) is 5.60. The van der Waals surface area contributed by atoms with Gasteiger partial charge in [0.1, 0.15) is 0 Å². The molecule has 1 aliphatic rings. The maximum absolute atomic E-state index is 6.14.